The molecule has 1 nitrogen and oxygen atoms in total. The first-order valence-electron chi connectivity index (χ1n) is 8.19. The molecule has 2 heteroatoms. The fourth-order valence-electron chi connectivity index (χ4n) is 3.14. The van der Waals surface area contributed by atoms with Gasteiger partial charge in [0.25, 0.3) is 0 Å². The molecule has 0 heterocycles. The second kappa shape index (κ2) is 7.49. The summed E-state index contributed by atoms with van der Waals surface area (Å²) >= 11 is 2.36. The van der Waals surface area contributed by atoms with E-state index < -0.39 is 0 Å². The minimum absolute atomic E-state index is 0.734. The molecule has 22 heavy (non-hydrogen) atoms. The third kappa shape index (κ3) is 4.25. The number of hydrogen-bond donors (Lipinski definition) is 0. The van der Waals surface area contributed by atoms with Crippen molar-refractivity contribution in [1.82, 2.24) is 0 Å². The third-order valence-electron chi connectivity index (χ3n) is 4.61. The van der Waals surface area contributed by atoms with E-state index in [9.17, 15) is 0 Å². The van der Waals surface area contributed by atoms with Gasteiger partial charge in [0.05, 0.1) is 6.61 Å². The molecule has 1 aliphatic rings. The highest BCUT2D eigenvalue weighted by Gasteiger charge is 2.18. The molecule has 0 radical (unpaired) electrons. The Labute approximate surface area is 147 Å². The minimum atomic E-state index is 0.734. The summed E-state index contributed by atoms with van der Waals surface area (Å²) in [6.45, 7) is 3.23. The fourth-order valence-corrected chi connectivity index (χ4v) is 3.69. The van der Waals surface area contributed by atoms with E-state index in [0.717, 1.165) is 24.2 Å². The molecule has 0 bridgehead atoms. The largest absolute Gasteiger partial charge is 0.493 e. The summed E-state index contributed by atoms with van der Waals surface area (Å²) in [6.07, 6.45) is 5.35. The molecule has 0 spiro atoms. The Balaban J connectivity index is 1.64. The van der Waals surface area contributed by atoms with Gasteiger partial charge in [0.2, 0.25) is 0 Å². The van der Waals surface area contributed by atoms with E-state index in [1.54, 1.807) is 0 Å². The predicted molar refractivity (Wildman–Crippen MR) is 101 cm³/mol. The van der Waals surface area contributed by atoms with Crippen molar-refractivity contribution in [3.63, 3.8) is 0 Å². The second-order valence-corrected chi connectivity index (χ2v) is 7.72. The summed E-state index contributed by atoms with van der Waals surface area (Å²) in [7, 11) is 0. The van der Waals surface area contributed by atoms with E-state index >= 15 is 0 Å². The zero-order valence-corrected chi connectivity index (χ0v) is 15.3. The summed E-state index contributed by atoms with van der Waals surface area (Å²) in [5.74, 6) is 2.63. The van der Waals surface area contributed by atoms with Gasteiger partial charge in [-0.3, -0.25) is 0 Å². The van der Waals surface area contributed by atoms with E-state index in [2.05, 4.69) is 78.0 Å². The van der Waals surface area contributed by atoms with Crippen molar-refractivity contribution in [2.75, 3.05) is 6.61 Å². The van der Waals surface area contributed by atoms with Crippen molar-refractivity contribution < 1.29 is 4.74 Å². The van der Waals surface area contributed by atoms with E-state index in [4.69, 9.17) is 4.74 Å². The van der Waals surface area contributed by atoms with Crippen LogP contribution in [0.2, 0.25) is 0 Å². The van der Waals surface area contributed by atoms with Gasteiger partial charge in [-0.2, -0.15) is 0 Å². The molecule has 1 saturated carbocycles. The lowest BCUT2D eigenvalue weighted by Gasteiger charge is -2.26. The van der Waals surface area contributed by atoms with E-state index in [-0.39, 0.29) is 0 Å². The Bertz CT molecular complexity index is 615. The SMILES string of the molecule is CC1CCC(COc2cccc(-c3cccc(I)c3)c2)CC1. The van der Waals surface area contributed by atoms with Gasteiger partial charge in [-0.15, -0.1) is 0 Å². The molecule has 0 aliphatic heterocycles. The van der Waals surface area contributed by atoms with Crippen LogP contribution in [0.5, 0.6) is 5.75 Å². The molecule has 0 unspecified atom stereocenters. The summed E-state index contributed by atoms with van der Waals surface area (Å²) < 4.78 is 7.33. The van der Waals surface area contributed by atoms with Crippen LogP contribution in [0.3, 0.4) is 0 Å². The van der Waals surface area contributed by atoms with Crippen molar-refractivity contribution in [2.45, 2.75) is 32.6 Å². The van der Waals surface area contributed by atoms with Gasteiger partial charge in [-0.25, -0.2) is 0 Å². The van der Waals surface area contributed by atoms with Crippen molar-refractivity contribution in [1.29, 1.82) is 0 Å². The van der Waals surface area contributed by atoms with Crippen LogP contribution in [0.25, 0.3) is 11.1 Å². The maximum absolute atomic E-state index is 6.07. The van der Waals surface area contributed by atoms with Crippen molar-refractivity contribution in [2.24, 2.45) is 11.8 Å². The van der Waals surface area contributed by atoms with E-state index in [1.807, 2.05) is 0 Å². The molecule has 0 aromatic heterocycles. The number of benzene rings is 2. The van der Waals surface area contributed by atoms with Gasteiger partial charge < -0.3 is 4.74 Å². The van der Waals surface area contributed by atoms with Crippen LogP contribution in [-0.2, 0) is 0 Å². The molecular weight excluding hydrogens is 383 g/mol. The molecule has 0 amide bonds. The molecule has 2 aromatic carbocycles. The zero-order valence-electron chi connectivity index (χ0n) is 13.1. The predicted octanol–water partition coefficient (Wildman–Crippen LogP) is 6.16. The van der Waals surface area contributed by atoms with Crippen LogP contribution < -0.4 is 4.74 Å². The monoisotopic (exact) mass is 406 g/mol. The highest BCUT2D eigenvalue weighted by Crippen LogP contribution is 2.30. The lowest BCUT2D eigenvalue weighted by Crippen LogP contribution is -2.18. The van der Waals surface area contributed by atoms with Crippen molar-refractivity contribution >= 4 is 22.6 Å². The average Bonchev–Trinajstić information content (AvgIpc) is 2.55. The second-order valence-electron chi connectivity index (χ2n) is 6.48. The quantitative estimate of drug-likeness (QED) is 0.553. The number of ether oxygens (including phenoxy) is 1. The van der Waals surface area contributed by atoms with Crippen LogP contribution in [0.4, 0.5) is 0 Å². The van der Waals surface area contributed by atoms with Gasteiger partial charge in [0.1, 0.15) is 5.75 Å². The highest BCUT2D eigenvalue weighted by atomic mass is 127. The van der Waals surface area contributed by atoms with Gasteiger partial charge in [0, 0.05) is 3.57 Å². The van der Waals surface area contributed by atoms with Crippen LogP contribution in [-0.4, -0.2) is 6.61 Å². The van der Waals surface area contributed by atoms with Crippen molar-refractivity contribution in [3.05, 3.63) is 52.1 Å². The maximum atomic E-state index is 6.07. The first-order chi connectivity index (χ1) is 10.7. The summed E-state index contributed by atoms with van der Waals surface area (Å²) in [4.78, 5) is 0. The van der Waals surface area contributed by atoms with Gasteiger partial charge >= 0.3 is 0 Å². The molecule has 3 rings (SSSR count). The molecule has 0 atom stereocenters. The molecule has 2 aromatic rings. The topological polar surface area (TPSA) is 9.23 Å². The first kappa shape index (κ1) is 15.9. The maximum Gasteiger partial charge on any atom is 0.119 e. The van der Waals surface area contributed by atoms with Gasteiger partial charge in [0.15, 0.2) is 0 Å². The Hall–Kier alpha value is -1.03. The number of halogens is 1. The van der Waals surface area contributed by atoms with Gasteiger partial charge in [-0.1, -0.05) is 44.0 Å². The average molecular weight is 406 g/mol. The van der Waals surface area contributed by atoms with Crippen LogP contribution in [0, 0.1) is 15.4 Å². The highest BCUT2D eigenvalue weighted by molar-refractivity contribution is 14.1. The number of hydrogen-bond acceptors (Lipinski definition) is 1. The molecular formula is C20H23IO. The Morgan fingerprint density at radius 2 is 1.64 bits per heavy atom. The molecule has 116 valence electrons. The Morgan fingerprint density at radius 3 is 2.36 bits per heavy atom. The zero-order chi connectivity index (χ0) is 15.4. The van der Waals surface area contributed by atoms with E-state index in [1.165, 1.54) is 40.4 Å². The lowest BCUT2D eigenvalue weighted by molar-refractivity contribution is 0.188. The van der Waals surface area contributed by atoms with Crippen molar-refractivity contribution in [3.8, 4) is 16.9 Å². The summed E-state index contributed by atoms with van der Waals surface area (Å²) in [5, 5.41) is 0. The first-order valence-corrected chi connectivity index (χ1v) is 9.27. The lowest BCUT2D eigenvalue weighted by atomic mass is 9.83. The van der Waals surface area contributed by atoms with Crippen LogP contribution in [0.1, 0.15) is 32.6 Å². The summed E-state index contributed by atoms with van der Waals surface area (Å²) in [6, 6.07) is 17.1. The molecule has 1 aliphatic carbocycles. The third-order valence-corrected chi connectivity index (χ3v) is 5.28. The smallest absolute Gasteiger partial charge is 0.119 e. The Kier molecular flexibility index (Phi) is 5.40. The van der Waals surface area contributed by atoms with Crippen LogP contribution >= 0.6 is 22.6 Å². The fraction of sp³-hybridized carbons (Fsp3) is 0.400. The van der Waals surface area contributed by atoms with Gasteiger partial charge in [-0.05, 0) is 82.7 Å². The van der Waals surface area contributed by atoms with Crippen LogP contribution in [0.15, 0.2) is 48.5 Å². The normalized spacial score (nSPS) is 21.5. The molecule has 0 N–H and O–H groups in total. The number of rotatable bonds is 4. The standard InChI is InChI=1S/C20H23IO/c1-15-8-10-16(11-9-15)14-22-20-7-3-5-18(13-20)17-4-2-6-19(21)12-17/h2-7,12-13,15-16H,8-11,14H2,1H3. The molecule has 1 fully saturated rings. The Morgan fingerprint density at radius 1 is 0.955 bits per heavy atom. The van der Waals surface area contributed by atoms with E-state index in [0.29, 0.717) is 0 Å². The molecule has 0 saturated heterocycles. The minimum Gasteiger partial charge on any atom is -0.493 e. The summed E-state index contributed by atoms with van der Waals surface area (Å²) in [5.41, 5.74) is 2.48.